The van der Waals surface area contributed by atoms with Gasteiger partial charge < -0.3 is 19.5 Å². The standard InChI is InChI=1S/C14H21N5O3/c1-20-8-11-7-12(19-13(18-11)16-10-17-19)15-9-14(21-2)3-5-22-6-4-14/h7,10,15H,3-6,8-9H2,1-2H3. The maximum Gasteiger partial charge on any atom is 0.254 e. The molecule has 8 heteroatoms. The maximum absolute atomic E-state index is 5.74. The normalized spacial score (nSPS) is 17.7. The predicted octanol–water partition coefficient (Wildman–Crippen LogP) is 0.878. The van der Waals surface area contributed by atoms with Crippen LogP contribution >= 0.6 is 0 Å². The van der Waals surface area contributed by atoms with E-state index < -0.39 is 0 Å². The van der Waals surface area contributed by atoms with Crippen LogP contribution < -0.4 is 5.32 Å². The summed E-state index contributed by atoms with van der Waals surface area (Å²) in [6.45, 7) is 2.55. The molecule has 0 aromatic carbocycles. The van der Waals surface area contributed by atoms with Gasteiger partial charge in [-0.1, -0.05) is 0 Å². The Labute approximate surface area is 128 Å². The molecule has 120 valence electrons. The minimum atomic E-state index is -0.212. The van der Waals surface area contributed by atoms with Crippen molar-refractivity contribution in [2.75, 3.05) is 39.3 Å². The zero-order valence-electron chi connectivity index (χ0n) is 12.9. The summed E-state index contributed by atoms with van der Waals surface area (Å²) in [6.07, 6.45) is 3.23. The van der Waals surface area contributed by atoms with Gasteiger partial charge in [0, 0.05) is 52.9 Å². The molecule has 22 heavy (non-hydrogen) atoms. The summed E-state index contributed by atoms with van der Waals surface area (Å²) < 4.78 is 18.0. The van der Waals surface area contributed by atoms with Crippen molar-refractivity contribution in [1.29, 1.82) is 0 Å². The van der Waals surface area contributed by atoms with E-state index in [2.05, 4.69) is 20.4 Å². The van der Waals surface area contributed by atoms with Crippen molar-refractivity contribution >= 4 is 11.6 Å². The molecule has 3 heterocycles. The van der Waals surface area contributed by atoms with Crippen molar-refractivity contribution in [2.24, 2.45) is 0 Å². The van der Waals surface area contributed by atoms with Gasteiger partial charge in [0.25, 0.3) is 5.78 Å². The smallest absolute Gasteiger partial charge is 0.254 e. The van der Waals surface area contributed by atoms with Gasteiger partial charge in [-0.2, -0.15) is 14.6 Å². The molecule has 1 saturated heterocycles. The summed E-state index contributed by atoms with van der Waals surface area (Å²) in [5, 5.41) is 7.62. The van der Waals surface area contributed by atoms with E-state index in [1.165, 1.54) is 6.33 Å². The van der Waals surface area contributed by atoms with Gasteiger partial charge in [-0.05, 0) is 0 Å². The fourth-order valence-corrected chi connectivity index (χ4v) is 2.66. The number of hydrogen-bond acceptors (Lipinski definition) is 7. The summed E-state index contributed by atoms with van der Waals surface area (Å²) >= 11 is 0. The van der Waals surface area contributed by atoms with Crippen LogP contribution in [-0.2, 0) is 20.8 Å². The zero-order valence-corrected chi connectivity index (χ0v) is 12.9. The molecule has 0 unspecified atom stereocenters. The summed E-state index contributed by atoms with van der Waals surface area (Å²) in [7, 11) is 3.39. The summed E-state index contributed by atoms with van der Waals surface area (Å²) in [5.74, 6) is 1.38. The fraction of sp³-hybridized carbons (Fsp3) is 0.643. The highest BCUT2D eigenvalue weighted by Crippen LogP contribution is 2.25. The minimum Gasteiger partial charge on any atom is -0.381 e. The van der Waals surface area contributed by atoms with Crippen molar-refractivity contribution in [3.8, 4) is 0 Å². The van der Waals surface area contributed by atoms with Gasteiger partial charge in [0.1, 0.15) is 12.1 Å². The lowest BCUT2D eigenvalue weighted by atomic mass is 9.94. The van der Waals surface area contributed by atoms with Crippen LogP contribution in [0.3, 0.4) is 0 Å². The molecule has 0 saturated carbocycles. The highest BCUT2D eigenvalue weighted by atomic mass is 16.5. The third kappa shape index (κ3) is 3.03. The molecule has 0 spiro atoms. The van der Waals surface area contributed by atoms with Crippen LogP contribution in [0.4, 0.5) is 5.82 Å². The Kier molecular flexibility index (Phi) is 4.51. The number of anilines is 1. The molecule has 2 aromatic heterocycles. The first kappa shape index (κ1) is 15.1. The molecule has 3 rings (SSSR count). The number of nitrogens with zero attached hydrogens (tertiary/aromatic N) is 4. The topological polar surface area (TPSA) is 82.8 Å². The molecule has 8 nitrogen and oxygen atoms in total. The second kappa shape index (κ2) is 6.55. The lowest BCUT2D eigenvalue weighted by molar-refractivity contribution is -0.0807. The van der Waals surface area contributed by atoms with Gasteiger partial charge in [-0.15, -0.1) is 0 Å². The third-order valence-corrected chi connectivity index (χ3v) is 4.03. The fourth-order valence-electron chi connectivity index (χ4n) is 2.66. The zero-order chi connectivity index (χ0) is 15.4. The lowest BCUT2D eigenvalue weighted by Gasteiger charge is -2.36. The largest absolute Gasteiger partial charge is 0.381 e. The highest BCUT2D eigenvalue weighted by molar-refractivity contribution is 5.45. The molecular weight excluding hydrogens is 286 g/mol. The van der Waals surface area contributed by atoms with Gasteiger partial charge in [-0.25, -0.2) is 4.98 Å². The van der Waals surface area contributed by atoms with Crippen LogP contribution in [0, 0.1) is 0 Å². The molecule has 1 N–H and O–H groups in total. The molecule has 0 amide bonds. The van der Waals surface area contributed by atoms with E-state index in [0.717, 1.165) is 37.6 Å². The van der Waals surface area contributed by atoms with Crippen LogP contribution in [0.2, 0.25) is 0 Å². The average Bonchev–Trinajstić information content (AvgIpc) is 3.02. The average molecular weight is 307 g/mol. The van der Waals surface area contributed by atoms with Crippen LogP contribution in [0.5, 0.6) is 0 Å². The molecule has 0 radical (unpaired) electrons. The van der Waals surface area contributed by atoms with Crippen LogP contribution in [0.1, 0.15) is 18.5 Å². The quantitative estimate of drug-likeness (QED) is 0.848. The number of nitrogens with one attached hydrogen (secondary N) is 1. The van der Waals surface area contributed by atoms with Crippen LogP contribution in [0.15, 0.2) is 12.4 Å². The Bertz CT molecular complexity index is 624. The Balaban J connectivity index is 1.81. The molecule has 1 fully saturated rings. The first-order valence-electron chi connectivity index (χ1n) is 7.32. The number of ether oxygens (including phenoxy) is 3. The maximum atomic E-state index is 5.74. The number of aromatic nitrogens is 4. The Hall–Kier alpha value is -1.77. The van der Waals surface area contributed by atoms with Crippen molar-refractivity contribution in [1.82, 2.24) is 19.6 Å². The molecule has 0 bridgehead atoms. The molecule has 2 aromatic rings. The van der Waals surface area contributed by atoms with Crippen LogP contribution in [0.25, 0.3) is 5.78 Å². The van der Waals surface area contributed by atoms with Gasteiger partial charge in [-0.3, -0.25) is 0 Å². The number of fused-ring (bicyclic) bond motifs is 1. The number of rotatable bonds is 6. The van der Waals surface area contributed by atoms with E-state index in [1.807, 2.05) is 6.07 Å². The third-order valence-electron chi connectivity index (χ3n) is 4.03. The number of hydrogen-bond donors (Lipinski definition) is 1. The van der Waals surface area contributed by atoms with Gasteiger partial charge in [0.05, 0.1) is 17.9 Å². The molecule has 1 aliphatic rings. The molecule has 0 atom stereocenters. The van der Waals surface area contributed by atoms with Crippen LogP contribution in [-0.4, -0.2) is 59.2 Å². The second-order valence-corrected chi connectivity index (χ2v) is 5.39. The van der Waals surface area contributed by atoms with E-state index in [1.54, 1.807) is 18.7 Å². The summed E-state index contributed by atoms with van der Waals surface area (Å²) in [6, 6.07) is 1.92. The predicted molar refractivity (Wildman–Crippen MR) is 79.8 cm³/mol. The van der Waals surface area contributed by atoms with Crippen molar-refractivity contribution in [2.45, 2.75) is 25.0 Å². The van der Waals surface area contributed by atoms with Gasteiger partial charge >= 0.3 is 0 Å². The van der Waals surface area contributed by atoms with E-state index in [9.17, 15) is 0 Å². The van der Waals surface area contributed by atoms with E-state index in [-0.39, 0.29) is 5.60 Å². The van der Waals surface area contributed by atoms with Crippen molar-refractivity contribution in [3.63, 3.8) is 0 Å². The van der Waals surface area contributed by atoms with E-state index in [4.69, 9.17) is 14.2 Å². The monoisotopic (exact) mass is 307 g/mol. The van der Waals surface area contributed by atoms with Crippen molar-refractivity contribution < 1.29 is 14.2 Å². The first-order valence-corrected chi connectivity index (χ1v) is 7.32. The summed E-state index contributed by atoms with van der Waals surface area (Å²) in [4.78, 5) is 8.54. The van der Waals surface area contributed by atoms with E-state index >= 15 is 0 Å². The number of methoxy groups -OCH3 is 2. The van der Waals surface area contributed by atoms with E-state index in [0.29, 0.717) is 18.9 Å². The first-order chi connectivity index (χ1) is 10.8. The Morgan fingerprint density at radius 1 is 1.36 bits per heavy atom. The lowest BCUT2D eigenvalue weighted by Crippen LogP contribution is -2.44. The van der Waals surface area contributed by atoms with Crippen molar-refractivity contribution in [3.05, 3.63) is 18.1 Å². The Morgan fingerprint density at radius 2 is 2.18 bits per heavy atom. The Morgan fingerprint density at radius 3 is 2.91 bits per heavy atom. The molecule has 0 aliphatic carbocycles. The van der Waals surface area contributed by atoms with Gasteiger partial charge in [0.15, 0.2) is 0 Å². The summed E-state index contributed by atoms with van der Waals surface area (Å²) in [5.41, 5.74) is 0.597. The SMILES string of the molecule is COCc1cc(NCC2(OC)CCOCC2)n2ncnc2n1. The molecule has 1 aliphatic heterocycles. The van der Waals surface area contributed by atoms with Gasteiger partial charge in [0.2, 0.25) is 0 Å². The molecular formula is C14H21N5O3. The minimum absolute atomic E-state index is 0.212. The second-order valence-electron chi connectivity index (χ2n) is 5.39. The highest BCUT2D eigenvalue weighted by Gasteiger charge is 2.32.